The first-order valence-electron chi connectivity index (χ1n) is 6.02. The van der Waals surface area contributed by atoms with Crippen molar-refractivity contribution in [2.45, 2.75) is 6.61 Å². The van der Waals surface area contributed by atoms with Crippen LogP contribution in [-0.2, 0) is 6.61 Å². The zero-order valence-corrected chi connectivity index (χ0v) is 11.0. The van der Waals surface area contributed by atoms with Crippen LogP contribution >= 0.6 is 0 Å². The van der Waals surface area contributed by atoms with Gasteiger partial charge in [-0.3, -0.25) is 4.79 Å². The standard InChI is InChI=1S/C15H15NO4/c1-20-14-6-5-11(8-13(14)18)15(19)16-12-4-2-3-10(7-12)9-17/h2-8,17-18H,9H2,1H3,(H,16,19). The van der Waals surface area contributed by atoms with Crippen molar-refractivity contribution >= 4 is 11.6 Å². The molecule has 0 unspecified atom stereocenters. The van der Waals surface area contributed by atoms with Crippen LogP contribution in [0.25, 0.3) is 0 Å². The first-order chi connectivity index (χ1) is 9.63. The summed E-state index contributed by atoms with van der Waals surface area (Å²) in [5, 5.41) is 21.4. The molecule has 0 bridgehead atoms. The zero-order chi connectivity index (χ0) is 14.5. The Balaban J connectivity index is 2.17. The number of methoxy groups -OCH3 is 1. The Morgan fingerprint density at radius 2 is 2.05 bits per heavy atom. The third kappa shape index (κ3) is 3.07. The summed E-state index contributed by atoms with van der Waals surface area (Å²) in [6.07, 6.45) is 0. The highest BCUT2D eigenvalue weighted by Crippen LogP contribution is 2.26. The van der Waals surface area contributed by atoms with E-state index in [1.165, 1.54) is 19.2 Å². The second-order valence-corrected chi connectivity index (χ2v) is 4.20. The topological polar surface area (TPSA) is 78.8 Å². The molecule has 2 aromatic carbocycles. The number of aliphatic hydroxyl groups excluding tert-OH is 1. The number of rotatable bonds is 4. The van der Waals surface area contributed by atoms with E-state index in [-0.39, 0.29) is 18.3 Å². The van der Waals surface area contributed by atoms with Crippen molar-refractivity contribution in [3.63, 3.8) is 0 Å². The molecule has 0 aliphatic rings. The molecule has 5 heteroatoms. The Morgan fingerprint density at radius 3 is 2.70 bits per heavy atom. The van der Waals surface area contributed by atoms with Crippen LogP contribution in [0.15, 0.2) is 42.5 Å². The fourth-order valence-corrected chi connectivity index (χ4v) is 1.78. The summed E-state index contributed by atoms with van der Waals surface area (Å²) in [5.41, 5.74) is 1.61. The predicted octanol–water partition coefficient (Wildman–Crippen LogP) is 2.15. The van der Waals surface area contributed by atoms with Crippen LogP contribution in [0, 0.1) is 0 Å². The van der Waals surface area contributed by atoms with E-state index in [2.05, 4.69) is 5.32 Å². The third-order valence-electron chi connectivity index (χ3n) is 2.81. The van der Waals surface area contributed by atoms with Gasteiger partial charge in [-0.05, 0) is 35.9 Å². The van der Waals surface area contributed by atoms with Gasteiger partial charge in [0.1, 0.15) is 0 Å². The number of anilines is 1. The molecular formula is C15H15NO4. The number of benzene rings is 2. The molecule has 0 saturated heterocycles. The first kappa shape index (κ1) is 13.9. The SMILES string of the molecule is COc1ccc(C(=O)Nc2cccc(CO)c2)cc1O. The number of aromatic hydroxyl groups is 1. The first-order valence-corrected chi connectivity index (χ1v) is 6.02. The van der Waals surface area contributed by atoms with E-state index >= 15 is 0 Å². The number of ether oxygens (including phenoxy) is 1. The van der Waals surface area contributed by atoms with Crippen LogP contribution in [0.1, 0.15) is 15.9 Å². The van der Waals surface area contributed by atoms with Gasteiger partial charge in [0.15, 0.2) is 11.5 Å². The van der Waals surface area contributed by atoms with E-state index in [0.717, 1.165) is 0 Å². The lowest BCUT2D eigenvalue weighted by Gasteiger charge is -2.08. The molecular weight excluding hydrogens is 258 g/mol. The van der Waals surface area contributed by atoms with Crippen molar-refractivity contribution in [2.24, 2.45) is 0 Å². The lowest BCUT2D eigenvalue weighted by Crippen LogP contribution is -2.12. The number of nitrogens with one attached hydrogen (secondary N) is 1. The lowest BCUT2D eigenvalue weighted by atomic mass is 10.1. The lowest BCUT2D eigenvalue weighted by molar-refractivity contribution is 0.102. The molecule has 0 fully saturated rings. The Bertz CT molecular complexity index is 625. The van der Waals surface area contributed by atoms with Gasteiger partial charge in [0.25, 0.3) is 5.91 Å². The number of amides is 1. The summed E-state index contributed by atoms with van der Waals surface area (Å²) in [5.74, 6) is -0.133. The van der Waals surface area contributed by atoms with E-state index in [0.29, 0.717) is 22.6 Å². The molecule has 0 atom stereocenters. The van der Waals surface area contributed by atoms with Crippen LogP contribution in [0.3, 0.4) is 0 Å². The largest absolute Gasteiger partial charge is 0.504 e. The molecule has 3 N–H and O–H groups in total. The number of hydrogen-bond acceptors (Lipinski definition) is 4. The second kappa shape index (κ2) is 6.08. The molecule has 2 aromatic rings. The number of carbonyl (C=O) groups is 1. The number of hydrogen-bond donors (Lipinski definition) is 3. The predicted molar refractivity (Wildman–Crippen MR) is 75.0 cm³/mol. The molecule has 0 aliphatic heterocycles. The molecule has 104 valence electrons. The Morgan fingerprint density at radius 1 is 1.25 bits per heavy atom. The average Bonchev–Trinajstić information content (AvgIpc) is 2.47. The van der Waals surface area contributed by atoms with Crippen molar-refractivity contribution in [3.8, 4) is 11.5 Å². The monoisotopic (exact) mass is 273 g/mol. The van der Waals surface area contributed by atoms with Crippen molar-refractivity contribution in [1.29, 1.82) is 0 Å². The van der Waals surface area contributed by atoms with Crippen molar-refractivity contribution in [1.82, 2.24) is 0 Å². The van der Waals surface area contributed by atoms with E-state index in [1.807, 2.05) is 0 Å². The number of phenolic OH excluding ortho intramolecular Hbond substituents is 1. The minimum absolute atomic E-state index is 0.0902. The Kier molecular flexibility index (Phi) is 4.22. The maximum atomic E-state index is 12.0. The van der Waals surface area contributed by atoms with Gasteiger partial charge in [-0.15, -0.1) is 0 Å². The zero-order valence-electron chi connectivity index (χ0n) is 11.0. The highest BCUT2D eigenvalue weighted by Gasteiger charge is 2.10. The van der Waals surface area contributed by atoms with Crippen molar-refractivity contribution < 1.29 is 19.7 Å². The van der Waals surface area contributed by atoms with Gasteiger partial charge in [0, 0.05) is 11.3 Å². The van der Waals surface area contributed by atoms with Gasteiger partial charge in [0.05, 0.1) is 13.7 Å². The third-order valence-corrected chi connectivity index (χ3v) is 2.81. The molecule has 2 rings (SSSR count). The van der Waals surface area contributed by atoms with Gasteiger partial charge >= 0.3 is 0 Å². The number of aliphatic hydroxyl groups is 1. The minimum Gasteiger partial charge on any atom is -0.504 e. The van der Waals surface area contributed by atoms with Gasteiger partial charge in [-0.1, -0.05) is 12.1 Å². The molecule has 20 heavy (non-hydrogen) atoms. The summed E-state index contributed by atoms with van der Waals surface area (Å²) < 4.78 is 4.92. The summed E-state index contributed by atoms with van der Waals surface area (Å²) in [7, 11) is 1.44. The van der Waals surface area contributed by atoms with E-state index < -0.39 is 0 Å². The highest BCUT2D eigenvalue weighted by molar-refractivity contribution is 6.04. The van der Waals surface area contributed by atoms with Crippen molar-refractivity contribution in [2.75, 3.05) is 12.4 Å². The maximum Gasteiger partial charge on any atom is 0.255 e. The van der Waals surface area contributed by atoms with E-state index in [4.69, 9.17) is 9.84 Å². The molecule has 0 heterocycles. The molecule has 0 aromatic heterocycles. The summed E-state index contributed by atoms with van der Waals surface area (Å²) in [6, 6.07) is 11.3. The summed E-state index contributed by atoms with van der Waals surface area (Å²) >= 11 is 0. The molecule has 0 radical (unpaired) electrons. The van der Waals surface area contributed by atoms with Gasteiger partial charge in [0.2, 0.25) is 0 Å². The molecule has 0 saturated carbocycles. The molecule has 1 amide bonds. The fraction of sp³-hybridized carbons (Fsp3) is 0.133. The van der Waals surface area contributed by atoms with E-state index in [1.54, 1.807) is 30.3 Å². The van der Waals surface area contributed by atoms with Crippen LogP contribution in [0.4, 0.5) is 5.69 Å². The van der Waals surface area contributed by atoms with Crippen LogP contribution in [0.2, 0.25) is 0 Å². The second-order valence-electron chi connectivity index (χ2n) is 4.20. The van der Waals surface area contributed by atoms with Gasteiger partial charge in [-0.25, -0.2) is 0 Å². The Hall–Kier alpha value is -2.53. The van der Waals surface area contributed by atoms with Crippen LogP contribution in [-0.4, -0.2) is 23.2 Å². The van der Waals surface area contributed by atoms with Gasteiger partial charge in [-0.2, -0.15) is 0 Å². The highest BCUT2D eigenvalue weighted by atomic mass is 16.5. The Labute approximate surface area is 116 Å². The minimum atomic E-state index is -0.349. The fourth-order valence-electron chi connectivity index (χ4n) is 1.78. The van der Waals surface area contributed by atoms with Crippen LogP contribution in [0.5, 0.6) is 11.5 Å². The maximum absolute atomic E-state index is 12.0. The normalized spacial score (nSPS) is 10.1. The van der Waals surface area contributed by atoms with Gasteiger partial charge < -0.3 is 20.3 Å². The summed E-state index contributed by atoms with van der Waals surface area (Å²) in [4.78, 5) is 12.0. The summed E-state index contributed by atoms with van der Waals surface area (Å²) in [6.45, 7) is -0.0902. The quantitative estimate of drug-likeness (QED) is 0.797. The molecule has 0 aliphatic carbocycles. The number of phenols is 1. The number of carbonyl (C=O) groups excluding carboxylic acids is 1. The average molecular weight is 273 g/mol. The van der Waals surface area contributed by atoms with Crippen LogP contribution < -0.4 is 10.1 Å². The molecule has 5 nitrogen and oxygen atoms in total. The van der Waals surface area contributed by atoms with Crippen molar-refractivity contribution in [3.05, 3.63) is 53.6 Å². The molecule has 0 spiro atoms. The van der Waals surface area contributed by atoms with E-state index in [9.17, 15) is 9.90 Å². The smallest absolute Gasteiger partial charge is 0.255 e.